The molecular weight excluding hydrogens is 346 g/mol. The zero-order valence-corrected chi connectivity index (χ0v) is 14.6. The molecule has 4 aromatic rings. The second-order valence-corrected chi connectivity index (χ2v) is 6.96. The minimum absolute atomic E-state index is 0.0911. The van der Waals surface area contributed by atoms with Crippen LogP contribution >= 0.6 is 0 Å². The first-order chi connectivity index (χ1) is 13.2. The predicted octanol–water partition coefficient (Wildman–Crippen LogP) is 1.81. The molecule has 0 radical (unpaired) electrons. The third-order valence-corrected chi connectivity index (χ3v) is 5.09. The van der Waals surface area contributed by atoms with Crippen LogP contribution in [0.5, 0.6) is 0 Å². The number of nitrogens with one attached hydrogen (secondary N) is 2. The lowest BCUT2D eigenvalue weighted by molar-refractivity contribution is -0.0609. The van der Waals surface area contributed by atoms with E-state index in [0.717, 1.165) is 34.1 Å². The number of H-pyrrole nitrogens is 2. The van der Waals surface area contributed by atoms with Crippen molar-refractivity contribution in [2.45, 2.75) is 31.6 Å². The number of fused-ring (bicyclic) bond motifs is 2. The number of hydrogen-bond donors (Lipinski definition) is 3. The molecule has 8 heteroatoms. The smallest absolute Gasteiger partial charge is 0.327 e. The maximum absolute atomic E-state index is 12.4. The summed E-state index contributed by atoms with van der Waals surface area (Å²) in [6.07, 6.45) is 6.30. The SMILES string of the molecule is O=c1[nH]c2ncc(-c3cnc4[nH]ccc4c3)cc2n1C[C@H]1CC[C@H](O)CO1. The molecule has 138 valence electrons. The van der Waals surface area contributed by atoms with Gasteiger partial charge in [-0.3, -0.25) is 9.55 Å². The number of hydrogen-bond acceptors (Lipinski definition) is 5. The van der Waals surface area contributed by atoms with Crippen LogP contribution in [0.1, 0.15) is 12.8 Å². The first kappa shape index (κ1) is 16.2. The van der Waals surface area contributed by atoms with Gasteiger partial charge in [-0.25, -0.2) is 14.8 Å². The van der Waals surface area contributed by atoms with Gasteiger partial charge in [-0.15, -0.1) is 0 Å². The second-order valence-electron chi connectivity index (χ2n) is 6.96. The average molecular weight is 365 g/mol. The molecule has 5 heterocycles. The second kappa shape index (κ2) is 6.33. The molecule has 0 saturated carbocycles. The Kier molecular flexibility index (Phi) is 3.80. The van der Waals surface area contributed by atoms with E-state index in [0.29, 0.717) is 25.2 Å². The van der Waals surface area contributed by atoms with Gasteiger partial charge in [0.2, 0.25) is 0 Å². The molecule has 0 aliphatic carbocycles. The molecule has 27 heavy (non-hydrogen) atoms. The summed E-state index contributed by atoms with van der Waals surface area (Å²) in [4.78, 5) is 27.1. The third-order valence-electron chi connectivity index (χ3n) is 5.09. The van der Waals surface area contributed by atoms with Crippen molar-refractivity contribution < 1.29 is 9.84 Å². The van der Waals surface area contributed by atoms with Crippen molar-refractivity contribution in [2.75, 3.05) is 6.61 Å². The zero-order chi connectivity index (χ0) is 18.4. The maximum atomic E-state index is 12.4. The molecule has 0 amide bonds. The number of aliphatic hydroxyl groups excluding tert-OH is 1. The molecule has 1 aliphatic heterocycles. The van der Waals surface area contributed by atoms with Crippen molar-refractivity contribution in [1.82, 2.24) is 24.5 Å². The largest absolute Gasteiger partial charge is 0.391 e. The van der Waals surface area contributed by atoms with Crippen molar-refractivity contribution in [3.8, 4) is 11.1 Å². The highest BCUT2D eigenvalue weighted by Gasteiger charge is 2.22. The van der Waals surface area contributed by atoms with Gasteiger partial charge in [0, 0.05) is 35.1 Å². The van der Waals surface area contributed by atoms with Crippen LogP contribution in [-0.4, -0.2) is 48.4 Å². The van der Waals surface area contributed by atoms with E-state index >= 15 is 0 Å². The van der Waals surface area contributed by atoms with Crippen molar-refractivity contribution in [3.05, 3.63) is 47.3 Å². The summed E-state index contributed by atoms with van der Waals surface area (Å²) >= 11 is 0. The van der Waals surface area contributed by atoms with Crippen LogP contribution in [0, 0.1) is 0 Å². The molecule has 8 nitrogen and oxygen atoms in total. The van der Waals surface area contributed by atoms with Crippen LogP contribution in [0.3, 0.4) is 0 Å². The molecule has 1 aliphatic rings. The van der Waals surface area contributed by atoms with Crippen LogP contribution in [-0.2, 0) is 11.3 Å². The van der Waals surface area contributed by atoms with E-state index in [1.54, 1.807) is 17.0 Å². The first-order valence-electron chi connectivity index (χ1n) is 8.99. The lowest BCUT2D eigenvalue weighted by atomic mass is 10.1. The normalized spacial score (nSPS) is 20.5. The van der Waals surface area contributed by atoms with E-state index in [1.807, 2.05) is 24.4 Å². The fourth-order valence-corrected chi connectivity index (χ4v) is 3.61. The Balaban J connectivity index is 1.53. The molecule has 0 bridgehead atoms. The minimum atomic E-state index is -0.412. The van der Waals surface area contributed by atoms with Crippen LogP contribution in [0.15, 0.2) is 41.6 Å². The number of aromatic amines is 2. The van der Waals surface area contributed by atoms with Crippen LogP contribution < -0.4 is 5.69 Å². The van der Waals surface area contributed by atoms with E-state index in [9.17, 15) is 9.90 Å². The molecule has 1 fully saturated rings. The fraction of sp³-hybridized carbons (Fsp3) is 0.316. The van der Waals surface area contributed by atoms with Crippen LogP contribution in [0.4, 0.5) is 0 Å². The summed E-state index contributed by atoms with van der Waals surface area (Å²) in [6, 6.07) is 5.97. The summed E-state index contributed by atoms with van der Waals surface area (Å²) in [5, 5.41) is 10.6. The summed E-state index contributed by atoms with van der Waals surface area (Å²) in [7, 11) is 0. The molecule has 0 spiro atoms. The van der Waals surface area contributed by atoms with E-state index in [-0.39, 0.29) is 11.8 Å². The van der Waals surface area contributed by atoms with Gasteiger partial charge in [-0.2, -0.15) is 0 Å². The topological polar surface area (TPSA) is 109 Å². The number of ether oxygens (including phenoxy) is 1. The van der Waals surface area contributed by atoms with Gasteiger partial charge >= 0.3 is 5.69 Å². The quantitative estimate of drug-likeness (QED) is 0.513. The van der Waals surface area contributed by atoms with Gasteiger partial charge < -0.3 is 14.8 Å². The lowest BCUT2D eigenvalue weighted by Crippen LogP contribution is -2.34. The highest BCUT2D eigenvalue weighted by atomic mass is 16.5. The Morgan fingerprint density at radius 2 is 2.00 bits per heavy atom. The number of imidazole rings is 1. The van der Waals surface area contributed by atoms with Gasteiger partial charge in [-0.05, 0) is 31.0 Å². The Morgan fingerprint density at radius 3 is 2.81 bits per heavy atom. The number of nitrogens with zero attached hydrogens (tertiary/aromatic N) is 3. The highest BCUT2D eigenvalue weighted by Crippen LogP contribution is 2.24. The first-order valence-corrected chi connectivity index (χ1v) is 8.99. The molecule has 5 rings (SSSR count). The molecule has 0 unspecified atom stereocenters. The maximum Gasteiger partial charge on any atom is 0.327 e. The zero-order valence-electron chi connectivity index (χ0n) is 14.6. The Morgan fingerprint density at radius 1 is 1.19 bits per heavy atom. The van der Waals surface area contributed by atoms with Gasteiger partial charge in [0.05, 0.1) is 30.9 Å². The van der Waals surface area contributed by atoms with E-state index < -0.39 is 6.10 Å². The molecule has 4 aromatic heterocycles. The predicted molar refractivity (Wildman–Crippen MR) is 100 cm³/mol. The Labute approximate surface area is 153 Å². The molecule has 0 aromatic carbocycles. The minimum Gasteiger partial charge on any atom is -0.391 e. The summed E-state index contributed by atoms with van der Waals surface area (Å²) in [5.74, 6) is 0. The van der Waals surface area contributed by atoms with Crippen molar-refractivity contribution in [2.24, 2.45) is 0 Å². The third kappa shape index (κ3) is 2.92. The standard InChI is InChI=1S/C19H19N5O3/c25-14-1-2-15(27-10-14)9-24-16-6-13(8-22-18(16)23-19(24)26)12-5-11-3-4-20-17(11)21-7-12/h3-8,14-15,25H,1-2,9-10H2,(H,20,21)(H,22,23,26)/t14-,15+/m0/s1. The number of aliphatic hydroxyl groups is 1. The number of rotatable bonds is 3. The molecule has 1 saturated heterocycles. The highest BCUT2D eigenvalue weighted by molar-refractivity contribution is 5.84. The Hall–Kier alpha value is -2.97. The van der Waals surface area contributed by atoms with Gasteiger partial charge in [0.25, 0.3) is 0 Å². The summed E-state index contributed by atoms with van der Waals surface area (Å²) in [6.45, 7) is 0.749. The van der Waals surface area contributed by atoms with E-state index in [1.165, 1.54) is 0 Å². The lowest BCUT2D eigenvalue weighted by Gasteiger charge is -2.26. The van der Waals surface area contributed by atoms with Crippen molar-refractivity contribution in [3.63, 3.8) is 0 Å². The monoisotopic (exact) mass is 365 g/mol. The van der Waals surface area contributed by atoms with E-state index in [2.05, 4.69) is 19.9 Å². The molecule has 3 N–H and O–H groups in total. The summed E-state index contributed by atoms with van der Waals surface area (Å²) < 4.78 is 7.33. The fourth-order valence-electron chi connectivity index (χ4n) is 3.61. The van der Waals surface area contributed by atoms with Crippen LogP contribution in [0.2, 0.25) is 0 Å². The van der Waals surface area contributed by atoms with Crippen LogP contribution in [0.25, 0.3) is 33.3 Å². The van der Waals surface area contributed by atoms with Gasteiger partial charge in [0.15, 0.2) is 5.65 Å². The van der Waals surface area contributed by atoms with Crippen molar-refractivity contribution >= 4 is 22.2 Å². The molecular formula is C19H19N5O3. The van der Waals surface area contributed by atoms with Gasteiger partial charge in [-0.1, -0.05) is 0 Å². The Bertz CT molecular complexity index is 1170. The van der Waals surface area contributed by atoms with E-state index in [4.69, 9.17) is 4.74 Å². The number of aromatic nitrogens is 5. The number of pyridine rings is 2. The van der Waals surface area contributed by atoms with Crippen molar-refractivity contribution in [1.29, 1.82) is 0 Å². The van der Waals surface area contributed by atoms with Gasteiger partial charge in [0.1, 0.15) is 5.65 Å². The summed E-state index contributed by atoms with van der Waals surface area (Å²) in [5.41, 5.74) is 3.75. The average Bonchev–Trinajstić information content (AvgIpc) is 3.27. The molecule has 2 atom stereocenters.